The molecule has 2 amide bonds. The highest BCUT2D eigenvalue weighted by molar-refractivity contribution is 5.67. The molecular formula is C24H31N3O5. The summed E-state index contributed by atoms with van der Waals surface area (Å²) in [4.78, 5) is 26.9. The first kappa shape index (κ1) is 23.4. The fourth-order valence-corrected chi connectivity index (χ4v) is 3.45. The molecule has 8 nitrogen and oxygen atoms in total. The van der Waals surface area contributed by atoms with Crippen molar-refractivity contribution < 1.29 is 23.8 Å². The molecule has 1 N–H and O–H groups in total. The third-order valence-corrected chi connectivity index (χ3v) is 5.31. The lowest BCUT2D eigenvalue weighted by molar-refractivity contribution is -0.119. The molecule has 2 aromatic rings. The van der Waals surface area contributed by atoms with Crippen LogP contribution in [0.4, 0.5) is 4.79 Å². The Balaban J connectivity index is 1.41. The number of nitrogens with zero attached hydrogens (tertiary/aromatic N) is 2. The van der Waals surface area contributed by atoms with Crippen LogP contribution in [-0.4, -0.2) is 68.7 Å². The normalized spacial score (nSPS) is 14.0. The van der Waals surface area contributed by atoms with Crippen LogP contribution < -0.4 is 14.8 Å². The molecule has 2 aromatic carbocycles. The number of alkyl carbamates (subject to hydrolysis) is 1. The van der Waals surface area contributed by atoms with E-state index in [0.717, 1.165) is 56.7 Å². The molecule has 0 aliphatic carbocycles. The zero-order chi connectivity index (χ0) is 22.6. The lowest BCUT2D eigenvalue weighted by Gasteiger charge is -2.32. The van der Waals surface area contributed by atoms with E-state index in [-0.39, 0.29) is 6.61 Å². The van der Waals surface area contributed by atoms with Crippen LogP contribution >= 0.6 is 0 Å². The highest BCUT2D eigenvalue weighted by atomic mass is 16.5. The van der Waals surface area contributed by atoms with Crippen LogP contribution in [0, 0.1) is 0 Å². The summed E-state index contributed by atoms with van der Waals surface area (Å²) in [5, 5.41) is 2.76. The molecule has 8 heteroatoms. The molecule has 172 valence electrons. The van der Waals surface area contributed by atoms with Crippen molar-refractivity contribution in [1.82, 2.24) is 15.1 Å². The van der Waals surface area contributed by atoms with Gasteiger partial charge in [-0.25, -0.2) is 4.79 Å². The van der Waals surface area contributed by atoms with E-state index >= 15 is 0 Å². The summed E-state index contributed by atoms with van der Waals surface area (Å²) in [5.41, 5.74) is 1.83. The zero-order valence-electron chi connectivity index (χ0n) is 18.5. The summed E-state index contributed by atoms with van der Waals surface area (Å²) in [6, 6.07) is 15.1. The molecule has 3 rings (SSSR count). The highest BCUT2D eigenvalue weighted by Crippen LogP contribution is 2.28. The summed E-state index contributed by atoms with van der Waals surface area (Å²) in [7, 11) is 1.60. The minimum atomic E-state index is -0.471. The van der Waals surface area contributed by atoms with E-state index in [2.05, 4.69) is 10.2 Å². The largest absolute Gasteiger partial charge is 0.493 e. The molecule has 1 aliphatic heterocycles. The second-order valence-electron chi connectivity index (χ2n) is 7.59. The van der Waals surface area contributed by atoms with Crippen LogP contribution in [0.2, 0.25) is 0 Å². The number of methoxy groups -OCH3 is 1. The molecule has 0 bridgehead atoms. The second-order valence-corrected chi connectivity index (χ2v) is 7.59. The number of amides is 2. The van der Waals surface area contributed by atoms with E-state index < -0.39 is 6.09 Å². The fraction of sp³-hybridized carbons (Fsp3) is 0.417. The average Bonchev–Trinajstić information content (AvgIpc) is 2.85. The summed E-state index contributed by atoms with van der Waals surface area (Å²) in [5.74, 6) is 1.30. The number of benzene rings is 2. The fourth-order valence-electron chi connectivity index (χ4n) is 3.45. The van der Waals surface area contributed by atoms with Gasteiger partial charge in [0.25, 0.3) is 0 Å². The maximum atomic E-state index is 12.0. The lowest BCUT2D eigenvalue weighted by Crippen LogP contribution is -2.46. The number of ether oxygens (including phenoxy) is 3. The maximum absolute atomic E-state index is 12.0. The van der Waals surface area contributed by atoms with Crippen LogP contribution in [-0.2, 0) is 22.7 Å². The van der Waals surface area contributed by atoms with Crippen LogP contribution in [0.3, 0.4) is 0 Å². The van der Waals surface area contributed by atoms with E-state index in [1.807, 2.05) is 48.5 Å². The molecule has 1 fully saturated rings. The van der Waals surface area contributed by atoms with Gasteiger partial charge >= 0.3 is 6.09 Å². The Kier molecular flexibility index (Phi) is 9.19. The third kappa shape index (κ3) is 7.46. The molecule has 1 saturated heterocycles. The van der Waals surface area contributed by atoms with Crippen molar-refractivity contribution in [2.24, 2.45) is 0 Å². The van der Waals surface area contributed by atoms with Crippen LogP contribution in [0.5, 0.6) is 11.5 Å². The zero-order valence-corrected chi connectivity index (χ0v) is 18.5. The third-order valence-electron chi connectivity index (χ3n) is 5.31. The minimum Gasteiger partial charge on any atom is -0.493 e. The summed E-state index contributed by atoms with van der Waals surface area (Å²) < 4.78 is 16.6. The van der Waals surface area contributed by atoms with Crippen molar-refractivity contribution >= 4 is 12.5 Å². The minimum absolute atomic E-state index is 0.230. The Labute approximate surface area is 189 Å². The highest BCUT2D eigenvalue weighted by Gasteiger charge is 2.15. The van der Waals surface area contributed by atoms with E-state index in [9.17, 15) is 9.59 Å². The van der Waals surface area contributed by atoms with E-state index in [1.54, 1.807) is 12.0 Å². The quantitative estimate of drug-likeness (QED) is 0.427. The van der Waals surface area contributed by atoms with Gasteiger partial charge in [-0.1, -0.05) is 36.4 Å². The Morgan fingerprint density at radius 3 is 2.53 bits per heavy atom. The topological polar surface area (TPSA) is 80.3 Å². The van der Waals surface area contributed by atoms with Crippen molar-refractivity contribution in [3.05, 3.63) is 59.7 Å². The molecule has 32 heavy (non-hydrogen) atoms. The monoisotopic (exact) mass is 441 g/mol. The molecule has 0 radical (unpaired) electrons. The van der Waals surface area contributed by atoms with Gasteiger partial charge in [0.15, 0.2) is 11.5 Å². The van der Waals surface area contributed by atoms with Gasteiger partial charge in [0.1, 0.15) is 6.61 Å². The summed E-state index contributed by atoms with van der Waals surface area (Å²) in [6.45, 7) is 5.38. The van der Waals surface area contributed by atoms with Gasteiger partial charge in [-0.05, 0) is 29.7 Å². The smallest absolute Gasteiger partial charge is 0.407 e. The molecule has 0 spiro atoms. The number of piperazine rings is 1. The van der Waals surface area contributed by atoms with Crippen molar-refractivity contribution in [2.45, 2.75) is 19.6 Å². The lowest BCUT2D eigenvalue weighted by atomic mass is 10.2. The number of carbonyl (C=O) groups excluding carboxylic acids is 2. The van der Waals surface area contributed by atoms with Crippen LogP contribution in [0.25, 0.3) is 0 Å². The van der Waals surface area contributed by atoms with Gasteiger partial charge in [-0.15, -0.1) is 0 Å². The van der Waals surface area contributed by atoms with Crippen molar-refractivity contribution in [3.8, 4) is 11.5 Å². The molecule has 0 unspecified atom stereocenters. The number of nitrogens with one attached hydrogen (secondary N) is 1. The average molecular weight is 442 g/mol. The van der Waals surface area contributed by atoms with Crippen molar-refractivity contribution in [2.75, 3.05) is 46.4 Å². The Bertz CT molecular complexity index is 854. The first-order chi connectivity index (χ1) is 15.7. The number of hydrogen-bond acceptors (Lipinski definition) is 6. The molecule has 0 atom stereocenters. The standard InChI is InChI=1S/C24H31N3O5/c1-30-22-9-8-21(17-25-24(29)32-18-20-6-3-2-4-7-20)16-23(22)31-15-5-10-26-11-13-27(19-28)14-12-26/h2-4,6-9,16,19H,5,10-15,17-18H2,1H3,(H,25,29). The van der Waals surface area contributed by atoms with E-state index in [0.29, 0.717) is 24.7 Å². The summed E-state index contributed by atoms with van der Waals surface area (Å²) >= 11 is 0. The molecule has 0 saturated carbocycles. The second kappa shape index (κ2) is 12.6. The first-order valence-corrected chi connectivity index (χ1v) is 10.8. The molecule has 1 aliphatic rings. The summed E-state index contributed by atoms with van der Waals surface area (Å²) in [6.07, 6.45) is 1.32. The van der Waals surface area contributed by atoms with Gasteiger partial charge in [0.05, 0.1) is 13.7 Å². The molecular weight excluding hydrogens is 410 g/mol. The Hall–Kier alpha value is -3.26. The van der Waals surface area contributed by atoms with Gasteiger partial charge in [0.2, 0.25) is 6.41 Å². The van der Waals surface area contributed by atoms with Crippen LogP contribution in [0.15, 0.2) is 48.5 Å². The predicted octanol–water partition coefficient (Wildman–Crippen LogP) is 2.66. The maximum Gasteiger partial charge on any atom is 0.407 e. The SMILES string of the molecule is COc1ccc(CNC(=O)OCc2ccccc2)cc1OCCCN1CCN(C=O)CC1. The number of carbonyl (C=O) groups is 2. The van der Waals surface area contributed by atoms with E-state index in [1.165, 1.54) is 0 Å². The van der Waals surface area contributed by atoms with Crippen molar-refractivity contribution in [3.63, 3.8) is 0 Å². The van der Waals surface area contributed by atoms with Gasteiger partial charge in [0, 0.05) is 39.3 Å². The van der Waals surface area contributed by atoms with Gasteiger partial charge in [-0.3, -0.25) is 9.69 Å². The number of rotatable bonds is 11. The van der Waals surface area contributed by atoms with Gasteiger partial charge < -0.3 is 24.4 Å². The first-order valence-electron chi connectivity index (χ1n) is 10.8. The van der Waals surface area contributed by atoms with Gasteiger partial charge in [-0.2, -0.15) is 0 Å². The van der Waals surface area contributed by atoms with Crippen molar-refractivity contribution in [1.29, 1.82) is 0 Å². The molecule has 1 heterocycles. The molecule has 0 aromatic heterocycles. The van der Waals surface area contributed by atoms with E-state index in [4.69, 9.17) is 14.2 Å². The predicted molar refractivity (Wildman–Crippen MR) is 121 cm³/mol. The van der Waals surface area contributed by atoms with Crippen LogP contribution in [0.1, 0.15) is 17.5 Å². The Morgan fingerprint density at radius 2 is 1.81 bits per heavy atom. The number of hydrogen-bond donors (Lipinski definition) is 1. The Morgan fingerprint density at radius 1 is 1.03 bits per heavy atom.